The molecule has 5 rings (SSSR count). The van der Waals surface area contributed by atoms with Crippen molar-refractivity contribution in [1.82, 2.24) is 9.88 Å². The fraction of sp³-hybridized carbons (Fsp3) is 0.368. The minimum atomic E-state index is 0.598. The normalized spacial score (nSPS) is 20.7. The van der Waals surface area contributed by atoms with E-state index in [4.69, 9.17) is 0 Å². The Morgan fingerprint density at radius 2 is 2.23 bits per heavy atom. The van der Waals surface area contributed by atoms with Crippen molar-refractivity contribution >= 4 is 22.2 Å². The van der Waals surface area contributed by atoms with Gasteiger partial charge in [0, 0.05) is 45.5 Å². The summed E-state index contributed by atoms with van der Waals surface area (Å²) in [5.74, 6) is 0. The van der Waals surface area contributed by atoms with E-state index in [1.807, 2.05) is 0 Å². The summed E-state index contributed by atoms with van der Waals surface area (Å²) in [4.78, 5) is 9.52. The fourth-order valence-corrected chi connectivity index (χ4v) is 5.46. The van der Waals surface area contributed by atoms with Crippen molar-refractivity contribution in [3.05, 3.63) is 56.9 Å². The van der Waals surface area contributed by atoms with Gasteiger partial charge in [-0.15, -0.1) is 11.3 Å². The molecule has 22 heavy (non-hydrogen) atoms. The predicted molar refractivity (Wildman–Crippen MR) is 92.6 cm³/mol. The lowest BCUT2D eigenvalue weighted by Gasteiger charge is -2.39. The molecule has 0 radical (unpaired) electrons. The van der Waals surface area contributed by atoms with Crippen LogP contribution in [0.1, 0.15) is 39.5 Å². The van der Waals surface area contributed by atoms with Crippen molar-refractivity contribution < 1.29 is 0 Å². The zero-order valence-corrected chi connectivity index (χ0v) is 13.7. The number of hydrogen-bond donors (Lipinski definition) is 1. The molecular weight excluding hydrogens is 288 g/mol. The smallest absolute Gasteiger partial charge is 0.0489 e. The molecule has 0 saturated carbocycles. The molecule has 1 aromatic carbocycles. The van der Waals surface area contributed by atoms with Gasteiger partial charge in [-0.1, -0.05) is 25.1 Å². The number of H-pyrrole nitrogens is 1. The van der Waals surface area contributed by atoms with E-state index >= 15 is 0 Å². The summed E-state index contributed by atoms with van der Waals surface area (Å²) in [6.45, 7) is 4.55. The Balaban J connectivity index is 1.63. The summed E-state index contributed by atoms with van der Waals surface area (Å²) in [5.41, 5.74) is 5.91. The number of aromatic amines is 1. The Morgan fingerprint density at radius 3 is 3.14 bits per heavy atom. The highest BCUT2D eigenvalue weighted by Crippen LogP contribution is 2.43. The molecule has 2 aromatic heterocycles. The molecule has 0 spiro atoms. The number of hydrogen-bond acceptors (Lipinski definition) is 2. The van der Waals surface area contributed by atoms with Gasteiger partial charge in [-0.2, -0.15) is 0 Å². The lowest BCUT2D eigenvalue weighted by atomic mass is 9.90. The van der Waals surface area contributed by atoms with Gasteiger partial charge in [0.25, 0.3) is 0 Å². The van der Waals surface area contributed by atoms with Crippen molar-refractivity contribution in [2.24, 2.45) is 0 Å². The van der Waals surface area contributed by atoms with Crippen LogP contribution in [0.3, 0.4) is 0 Å². The van der Waals surface area contributed by atoms with E-state index in [1.54, 1.807) is 20.9 Å². The molecule has 0 aliphatic carbocycles. The Hall–Kier alpha value is -1.58. The summed E-state index contributed by atoms with van der Waals surface area (Å²) >= 11 is 2.05. The Bertz CT molecular complexity index is 858. The maximum Gasteiger partial charge on any atom is 0.0489 e. The second-order valence-corrected chi connectivity index (χ2v) is 7.69. The van der Waals surface area contributed by atoms with E-state index in [-0.39, 0.29) is 0 Å². The first kappa shape index (κ1) is 12.9. The molecule has 2 nitrogen and oxygen atoms in total. The van der Waals surface area contributed by atoms with Gasteiger partial charge in [-0.25, -0.2) is 0 Å². The lowest BCUT2D eigenvalue weighted by Crippen LogP contribution is -2.38. The predicted octanol–water partition coefficient (Wildman–Crippen LogP) is 4.45. The summed E-state index contributed by atoms with van der Waals surface area (Å²) in [6.07, 6.45) is 3.55. The molecule has 0 amide bonds. The first-order chi connectivity index (χ1) is 10.8. The van der Waals surface area contributed by atoms with Crippen molar-refractivity contribution in [3.8, 4) is 0 Å². The highest BCUT2D eigenvalue weighted by atomic mass is 32.1. The Labute approximate surface area is 134 Å². The molecule has 2 aliphatic rings. The maximum atomic E-state index is 3.65. The second kappa shape index (κ2) is 4.71. The molecule has 0 fully saturated rings. The van der Waals surface area contributed by atoms with Gasteiger partial charge in [0.05, 0.1) is 0 Å². The standard InChI is InChI=1S/C19H20N2S/c1-2-13-9-12-7-8-21-11-17-15(10-18(21)19(12)22-13)14-5-3-4-6-16(14)20-17/h3-6,9,18,20H,2,7-8,10-11H2,1H3/t18-/m0/s1. The third-order valence-electron chi connectivity index (χ3n) is 5.31. The summed E-state index contributed by atoms with van der Waals surface area (Å²) in [5, 5.41) is 1.43. The van der Waals surface area contributed by atoms with Crippen LogP contribution in [0.15, 0.2) is 30.3 Å². The van der Waals surface area contributed by atoms with E-state index in [0.717, 1.165) is 13.0 Å². The van der Waals surface area contributed by atoms with Crippen LogP contribution >= 0.6 is 11.3 Å². The van der Waals surface area contributed by atoms with Crippen LogP contribution in [0.4, 0.5) is 0 Å². The van der Waals surface area contributed by atoms with Crippen LogP contribution < -0.4 is 0 Å². The largest absolute Gasteiger partial charge is 0.357 e. The number of para-hydroxylation sites is 1. The summed E-state index contributed by atoms with van der Waals surface area (Å²) in [7, 11) is 0. The number of nitrogens with one attached hydrogen (secondary N) is 1. The number of benzene rings is 1. The number of aromatic nitrogens is 1. The average molecular weight is 308 g/mol. The van der Waals surface area contributed by atoms with Crippen LogP contribution in [0.5, 0.6) is 0 Å². The van der Waals surface area contributed by atoms with Gasteiger partial charge in [0.15, 0.2) is 0 Å². The minimum Gasteiger partial charge on any atom is -0.357 e. The molecule has 0 unspecified atom stereocenters. The second-order valence-electron chi connectivity index (χ2n) is 6.52. The summed E-state index contributed by atoms with van der Waals surface area (Å²) in [6, 6.07) is 11.8. The first-order valence-electron chi connectivity index (χ1n) is 8.27. The maximum absolute atomic E-state index is 3.65. The molecule has 1 atom stereocenters. The van der Waals surface area contributed by atoms with Crippen LogP contribution in [0, 0.1) is 0 Å². The summed E-state index contributed by atoms with van der Waals surface area (Å²) < 4.78 is 0. The van der Waals surface area contributed by atoms with Crippen LogP contribution in [0.2, 0.25) is 0 Å². The van der Waals surface area contributed by atoms with Crippen molar-refractivity contribution in [2.45, 2.75) is 38.8 Å². The third kappa shape index (κ3) is 1.76. The quantitative estimate of drug-likeness (QED) is 0.704. The molecule has 2 aliphatic heterocycles. The molecular formula is C19H20N2S. The fourth-order valence-electron chi connectivity index (χ4n) is 4.17. The van der Waals surface area contributed by atoms with E-state index in [9.17, 15) is 0 Å². The van der Waals surface area contributed by atoms with E-state index in [1.165, 1.54) is 36.0 Å². The van der Waals surface area contributed by atoms with Crippen molar-refractivity contribution in [3.63, 3.8) is 0 Å². The third-order valence-corrected chi connectivity index (χ3v) is 6.74. The highest BCUT2D eigenvalue weighted by molar-refractivity contribution is 7.12. The molecule has 0 bridgehead atoms. The molecule has 0 saturated heterocycles. The zero-order valence-electron chi connectivity index (χ0n) is 12.9. The Morgan fingerprint density at radius 1 is 1.32 bits per heavy atom. The molecule has 1 N–H and O–H groups in total. The Kier molecular flexibility index (Phi) is 2.76. The van der Waals surface area contributed by atoms with E-state index in [0.29, 0.717) is 6.04 Å². The number of nitrogens with zero attached hydrogens (tertiary/aromatic N) is 1. The first-order valence-corrected chi connectivity index (χ1v) is 9.09. The highest BCUT2D eigenvalue weighted by Gasteiger charge is 2.34. The molecule has 4 heterocycles. The van der Waals surface area contributed by atoms with Crippen LogP contribution in [-0.4, -0.2) is 16.4 Å². The van der Waals surface area contributed by atoms with Gasteiger partial charge in [-0.3, -0.25) is 4.90 Å². The van der Waals surface area contributed by atoms with E-state index in [2.05, 4.69) is 58.5 Å². The number of aryl methyl sites for hydroxylation is 1. The number of rotatable bonds is 1. The van der Waals surface area contributed by atoms with Gasteiger partial charge >= 0.3 is 0 Å². The average Bonchev–Trinajstić information content (AvgIpc) is 3.13. The SMILES string of the molecule is CCc1cc2c(s1)[C@@H]1Cc3c([nH]c4ccccc34)CN1CC2. The molecule has 112 valence electrons. The van der Waals surface area contributed by atoms with Crippen LogP contribution in [0.25, 0.3) is 10.9 Å². The monoisotopic (exact) mass is 308 g/mol. The lowest BCUT2D eigenvalue weighted by molar-refractivity contribution is 0.163. The van der Waals surface area contributed by atoms with E-state index < -0.39 is 0 Å². The van der Waals surface area contributed by atoms with Gasteiger partial charge in [0.2, 0.25) is 0 Å². The van der Waals surface area contributed by atoms with Crippen molar-refractivity contribution in [1.29, 1.82) is 0 Å². The van der Waals surface area contributed by atoms with Crippen molar-refractivity contribution in [2.75, 3.05) is 6.54 Å². The zero-order chi connectivity index (χ0) is 14.7. The number of thiophene rings is 1. The van der Waals surface area contributed by atoms with Crippen LogP contribution in [-0.2, 0) is 25.8 Å². The molecule has 3 aromatic rings. The minimum absolute atomic E-state index is 0.598. The van der Waals surface area contributed by atoms with Gasteiger partial charge in [0.1, 0.15) is 0 Å². The number of fused-ring (bicyclic) bond motifs is 6. The topological polar surface area (TPSA) is 19.0 Å². The molecule has 3 heteroatoms. The van der Waals surface area contributed by atoms with Gasteiger partial charge in [-0.05, 0) is 42.5 Å². The van der Waals surface area contributed by atoms with Gasteiger partial charge < -0.3 is 4.98 Å².